The number of hydrogen-bond acceptors (Lipinski definition) is 3. The lowest BCUT2D eigenvalue weighted by molar-refractivity contribution is 1.15. The van der Waals surface area contributed by atoms with E-state index in [0.29, 0.717) is 0 Å². The van der Waals surface area contributed by atoms with Crippen LogP contribution < -0.4 is 21.3 Å². The third kappa shape index (κ3) is 3.80. The van der Waals surface area contributed by atoms with Gasteiger partial charge in [-0.25, -0.2) is 0 Å². The smallest absolute Gasteiger partial charge is 0.252 e. The second-order valence-corrected chi connectivity index (χ2v) is 15.6. The average molecular weight is 676 g/mol. The number of para-hydroxylation sites is 4. The Labute approximate surface area is 298 Å². The molecule has 0 saturated carbocycles. The fourth-order valence-corrected chi connectivity index (χ4v) is 11.0. The summed E-state index contributed by atoms with van der Waals surface area (Å²) in [6.07, 6.45) is 0. The zero-order valence-electron chi connectivity index (χ0n) is 27.6. The van der Waals surface area contributed by atoms with Gasteiger partial charge < -0.3 is 14.0 Å². The molecule has 0 amide bonds. The van der Waals surface area contributed by atoms with Crippen molar-refractivity contribution in [3.63, 3.8) is 0 Å². The molecule has 6 heteroatoms. The lowest BCUT2D eigenvalue weighted by Crippen LogP contribution is -2.60. The summed E-state index contributed by atoms with van der Waals surface area (Å²) in [5.41, 5.74) is 17.9. The van der Waals surface area contributed by atoms with Gasteiger partial charge in [0.05, 0.1) is 46.6 Å². The average Bonchev–Trinajstić information content (AvgIpc) is 3.16. The minimum absolute atomic E-state index is 0.0995. The predicted octanol–water partition coefficient (Wildman–Crippen LogP) is 10.4. The molecule has 0 fully saturated rings. The van der Waals surface area contributed by atoms with E-state index in [1.165, 1.54) is 85.4 Å². The highest BCUT2D eigenvalue weighted by Crippen LogP contribution is 2.50. The largest absolute Gasteiger partial charge is 0.309 e. The highest BCUT2D eigenvalue weighted by molar-refractivity contribution is 7.28. The SMILES string of the molecule is Cc1ccc2c(c1)B1c3cc(C)ccc3-n3c4ccccc4sc4c(N(c5ccccc5)c5ccccc5)c5sc6ccccc6n-2c5c1c43. The topological polar surface area (TPSA) is 13.1 Å². The standard InChI is InChI=1S/C44H30BN3S2/c1-27-21-23-33-31(25-27)45-32-26-28(2)22-24-34(32)48-36-18-10-12-20-38(36)50-44-41(48)39(45)40-43(49-37-19-11-9-17-35(37)47(33)40)42(44)46(29-13-5-3-6-14-29)30-15-7-4-8-16-30/h3-26H,1-2H3. The van der Waals surface area contributed by atoms with Gasteiger partial charge in [0.2, 0.25) is 0 Å². The summed E-state index contributed by atoms with van der Waals surface area (Å²) in [5.74, 6) is 0. The summed E-state index contributed by atoms with van der Waals surface area (Å²) in [5, 5.41) is 0. The van der Waals surface area contributed by atoms with E-state index in [4.69, 9.17) is 0 Å². The van der Waals surface area contributed by atoms with Crippen molar-refractivity contribution < 1.29 is 0 Å². The molecule has 0 spiro atoms. The summed E-state index contributed by atoms with van der Waals surface area (Å²) in [4.78, 5) is 2.50. The van der Waals surface area contributed by atoms with Gasteiger partial charge in [0.15, 0.2) is 0 Å². The third-order valence-corrected chi connectivity index (χ3v) is 12.8. The molecule has 0 N–H and O–H groups in total. The zero-order chi connectivity index (χ0) is 33.1. The summed E-state index contributed by atoms with van der Waals surface area (Å²) < 4.78 is 10.3. The number of rotatable bonds is 3. The zero-order valence-corrected chi connectivity index (χ0v) is 29.2. The maximum absolute atomic E-state index is 2.59. The Hall–Kier alpha value is -5.56. The summed E-state index contributed by atoms with van der Waals surface area (Å²) >= 11 is 3.85. The van der Waals surface area contributed by atoms with Crippen molar-refractivity contribution in [3.05, 3.63) is 157 Å². The molecule has 0 saturated heterocycles. The quantitative estimate of drug-likeness (QED) is 0.134. The van der Waals surface area contributed by atoms with E-state index in [1.54, 1.807) is 0 Å². The molecule has 9 aromatic rings. The van der Waals surface area contributed by atoms with E-state index in [1.807, 2.05) is 22.7 Å². The summed E-state index contributed by atoms with van der Waals surface area (Å²) in [6, 6.07) is 53.9. The minimum atomic E-state index is 0.0995. The van der Waals surface area contributed by atoms with E-state index >= 15 is 0 Å². The molecule has 0 aliphatic carbocycles. The highest BCUT2D eigenvalue weighted by atomic mass is 32.1. The molecular weight excluding hydrogens is 645 g/mol. The first-order valence-electron chi connectivity index (χ1n) is 17.1. The Balaban J connectivity index is 1.48. The number of nitrogens with zero attached hydrogens (tertiary/aromatic N) is 3. The normalized spacial score (nSPS) is 12.6. The van der Waals surface area contributed by atoms with Gasteiger partial charge >= 0.3 is 0 Å². The number of benzene rings is 7. The van der Waals surface area contributed by atoms with E-state index in [0.717, 1.165) is 11.4 Å². The molecule has 7 aromatic carbocycles. The van der Waals surface area contributed by atoms with E-state index in [2.05, 4.69) is 173 Å². The molecule has 0 atom stereocenters. The van der Waals surface area contributed by atoms with Gasteiger partial charge in [0.25, 0.3) is 6.71 Å². The Morgan fingerprint density at radius 3 is 1.42 bits per heavy atom. The Bertz CT molecular complexity index is 2720. The Morgan fingerprint density at radius 1 is 0.500 bits per heavy atom. The monoisotopic (exact) mass is 675 g/mol. The van der Waals surface area contributed by atoms with Crippen molar-refractivity contribution in [1.29, 1.82) is 0 Å². The Morgan fingerprint density at radius 2 is 0.940 bits per heavy atom. The van der Waals surface area contributed by atoms with Crippen LogP contribution in [0.15, 0.2) is 146 Å². The van der Waals surface area contributed by atoms with Crippen LogP contribution in [0.5, 0.6) is 0 Å². The molecule has 0 bridgehead atoms. The van der Waals surface area contributed by atoms with Crippen molar-refractivity contribution in [2.24, 2.45) is 0 Å². The van der Waals surface area contributed by atoms with Gasteiger partial charge in [-0.3, -0.25) is 0 Å². The molecule has 0 unspecified atom stereocenters. The molecule has 2 aromatic heterocycles. The number of aromatic nitrogens is 2. The highest BCUT2D eigenvalue weighted by Gasteiger charge is 2.42. The van der Waals surface area contributed by atoms with Crippen LogP contribution in [0.2, 0.25) is 0 Å². The number of anilines is 3. The van der Waals surface area contributed by atoms with Crippen LogP contribution in [0.1, 0.15) is 11.1 Å². The van der Waals surface area contributed by atoms with Crippen LogP contribution in [-0.2, 0) is 0 Å². The molecule has 236 valence electrons. The first kappa shape index (κ1) is 28.3. The van der Waals surface area contributed by atoms with Gasteiger partial charge in [-0.2, -0.15) is 0 Å². The van der Waals surface area contributed by atoms with Crippen molar-refractivity contribution in [1.82, 2.24) is 9.13 Å². The van der Waals surface area contributed by atoms with Crippen molar-refractivity contribution in [2.45, 2.75) is 13.8 Å². The summed E-state index contributed by atoms with van der Waals surface area (Å²) in [6.45, 7) is 4.56. The van der Waals surface area contributed by atoms with Crippen LogP contribution in [0, 0.1) is 13.8 Å². The van der Waals surface area contributed by atoms with Gasteiger partial charge in [-0.1, -0.05) is 96.1 Å². The first-order valence-corrected chi connectivity index (χ1v) is 18.8. The van der Waals surface area contributed by atoms with Crippen LogP contribution in [0.3, 0.4) is 0 Å². The minimum Gasteiger partial charge on any atom is -0.309 e. The second-order valence-electron chi connectivity index (χ2n) is 13.5. The van der Waals surface area contributed by atoms with Crippen LogP contribution in [0.25, 0.3) is 52.2 Å². The molecule has 50 heavy (non-hydrogen) atoms. The Kier molecular flexibility index (Phi) is 5.93. The molecule has 11 rings (SSSR count). The molecule has 4 heterocycles. The number of hydrogen-bond donors (Lipinski definition) is 0. The first-order chi connectivity index (χ1) is 24.7. The molecule has 2 aliphatic rings. The lowest BCUT2D eigenvalue weighted by atomic mass is 9.34. The van der Waals surface area contributed by atoms with Crippen LogP contribution in [0.4, 0.5) is 17.1 Å². The molecule has 3 nitrogen and oxygen atoms in total. The van der Waals surface area contributed by atoms with Gasteiger partial charge in [0, 0.05) is 22.7 Å². The van der Waals surface area contributed by atoms with E-state index in [9.17, 15) is 0 Å². The van der Waals surface area contributed by atoms with E-state index < -0.39 is 0 Å². The fourth-order valence-electron chi connectivity index (χ4n) is 8.47. The van der Waals surface area contributed by atoms with E-state index in [-0.39, 0.29) is 6.71 Å². The maximum Gasteiger partial charge on any atom is 0.252 e. The van der Waals surface area contributed by atoms with Gasteiger partial charge in [-0.05, 0) is 90.9 Å². The maximum atomic E-state index is 2.59. The molecule has 0 radical (unpaired) electrons. The molecular formula is C44H30BN3S2. The third-order valence-electron chi connectivity index (χ3n) is 10.5. The van der Waals surface area contributed by atoms with Gasteiger partial charge in [0.1, 0.15) is 0 Å². The van der Waals surface area contributed by atoms with Crippen molar-refractivity contribution in [2.75, 3.05) is 4.90 Å². The predicted molar refractivity (Wildman–Crippen MR) is 217 cm³/mol. The van der Waals surface area contributed by atoms with Gasteiger partial charge in [-0.15, -0.1) is 22.7 Å². The second kappa shape index (κ2) is 10.5. The van der Waals surface area contributed by atoms with Crippen LogP contribution in [-0.4, -0.2) is 15.8 Å². The lowest BCUT2D eigenvalue weighted by Gasteiger charge is -2.38. The van der Waals surface area contributed by atoms with Crippen molar-refractivity contribution in [3.8, 4) is 11.4 Å². The number of aryl methyl sites for hydroxylation is 2. The summed E-state index contributed by atoms with van der Waals surface area (Å²) in [7, 11) is 0. The fraction of sp³-hybridized carbons (Fsp3) is 0.0455. The van der Waals surface area contributed by atoms with Crippen LogP contribution >= 0.6 is 22.7 Å². The molecule has 2 aliphatic heterocycles. The number of fused-ring (bicyclic) bond motifs is 10. The van der Waals surface area contributed by atoms with Crippen molar-refractivity contribution >= 4 is 104 Å².